The van der Waals surface area contributed by atoms with E-state index in [9.17, 15) is 14.0 Å². The Hall–Kier alpha value is -1.22. The third kappa shape index (κ3) is 4.57. The van der Waals surface area contributed by atoms with Gasteiger partial charge in [0, 0.05) is 9.99 Å². The molecule has 4 N–H and O–H groups in total. The number of carboxylic acid groups (broad SMARTS) is 1. The van der Waals surface area contributed by atoms with Gasteiger partial charge < -0.3 is 16.2 Å². The average Bonchev–Trinajstić information content (AvgIpc) is 2.29. The molecular weight excluding hydrogens is 354 g/mol. The van der Waals surface area contributed by atoms with E-state index in [1.807, 2.05) is 22.6 Å². The van der Waals surface area contributed by atoms with E-state index in [0.29, 0.717) is 9.26 Å². The number of anilines is 1. The fourth-order valence-electron chi connectivity index (χ4n) is 1.23. The molecular formula is C11H12FIN2O3. The number of rotatable bonds is 5. The maximum atomic E-state index is 12.8. The van der Waals surface area contributed by atoms with Crippen molar-refractivity contribution in [3.05, 3.63) is 27.6 Å². The van der Waals surface area contributed by atoms with Gasteiger partial charge in [-0.1, -0.05) is 0 Å². The summed E-state index contributed by atoms with van der Waals surface area (Å²) in [6.45, 7) is 0. The van der Waals surface area contributed by atoms with Crippen molar-refractivity contribution >= 4 is 40.2 Å². The Morgan fingerprint density at radius 3 is 2.72 bits per heavy atom. The van der Waals surface area contributed by atoms with Crippen LogP contribution in [0.2, 0.25) is 0 Å². The fraction of sp³-hybridized carbons (Fsp3) is 0.273. The van der Waals surface area contributed by atoms with Gasteiger partial charge in [0.2, 0.25) is 5.91 Å². The summed E-state index contributed by atoms with van der Waals surface area (Å²) in [7, 11) is 0. The first-order valence-electron chi connectivity index (χ1n) is 5.13. The van der Waals surface area contributed by atoms with Gasteiger partial charge in [0.15, 0.2) is 0 Å². The Bertz CT molecular complexity index is 468. The lowest BCUT2D eigenvalue weighted by atomic mass is 10.1. The van der Waals surface area contributed by atoms with E-state index in [1.165, 1.54) is 18.2 Å². The highest BCUT2D eigenvalue weighted by atomic mass is 127. The first-order chi connectivity index (χ1) is 8.40. The molecule has 0 bridgehead atoms. The van der Waals surface area contributed by atoms with Crippen LogP contribution in [0.15, 0.2) is 18.2 Å². The standard InChI is InChI=1S/C11H12FIN2O3/c12-6-1-3-9(7(13)5-6)15-11(18)8(14)2-4-10(16)17/h1,3,5,8H,2,4,14H2,(H,15,18)(H,16,17). The molecule has 0 fully saturated rings. The van der Waals surface area contributed by atoms with Crippen molar-refractivity contribution < 1.29 is 19.1 Å². The number of carbonyl (C=O) groups excluding carboxylic acids is 1. The molecule has 0 saturated carbocycles. The minimum absolute atomic E-state index is 0.0545. The van der Waals surface area contributed by atoms with Gasteiger partial charge in [-0.3, -0.25) is 9.59 Å². The molecule has 0 aliphatic rings. The minimum Gasteiger partial charge on any atom is -0.481 e. The number of hydrogen-bond donors (Lipinski definition) is 3. The van der Waals surface area contributed by atoms with Crippen LogP contribution in [0.3, 0.4) is 0 Å². The molecule has 98 valence electrons. The highest BCUT2D eigenvalue weighted by molar-refractivity contribution is 14.1. The number of hydrogen-bond acceptors (Lipinski definition) is 3. The molecule has 0 aliphatic carbocycles. The monoisotopic (exact) mass is 366 g/mol. The number of benzene rings is 1. The van der Waals surface area contributed by atoms with Crippen LogP contribution in [0.25, 0.3) is 0 Å². The van der Waals surface area contributed by atoms with E-state index < -0.39 is 23.7 Å². The summed E-state index contributed by atoms with van der Waals surface area (Å²) in [6, 6.07) is 3.03. The normalized spacial score (nSPS) is 11.9. The molecule has 0 heterocycles. The summed E-state index contributed by atoms with van der Waals surface area (Å²) in [5, 5.41) is 11.0. The molecule has 1 aromatic rings. The SMILES string of the molecule is NC(CCC(=O)O)C(=O)Nc1ccc(F)cc1I. The molecule has 0 radical (unpaired) electrons. The summed E-state index contributed by atoms with van der Waals surface area (Å²) in [6.07, 6.45) is -0.117. The Morgan fingerprint density at radius 1 is 1.50 bits per heavy atom. The van der Waals surface area contributed by atoms with Gasteiger partial charge in [0.25, 0.3) is 0 Å². The number of amides is 1. The number of nitrogens with one attached hydrogen (secondary N) is 1. The van der Waals surface area contributed by atoms with Gasteiger partial charge >= 0.3 is 5.97 Å². The van der Waals surface area contributed by atoms with Gasteiger partial charge in [-0.05, 0) is 47.2 Å². The third-order valence-corrected chi connectivity index (χ3v) is 3.09. The number of carboxylic acids is 1. The molecule has 1 atom stereocenters. The Kier molecular flexibility index (Phi) is 5.48. The van der Waals surface area contributed by atoms with Crippen molar-refractivity contribution in [2.24, 2.45) is 5.73 Å². The molecule has 1 aromatic carbocycles. The van der Waals surface area contributed by atoms with Crippen LogP contribution < -0.4 is 11.1 Å². The largest absolute Gasteiger partial charge is 0.481 e. The smallest absolute Gasteiger partial charge is 0.303 e. The zero-order valence-electron chi connectivity index (χ0n) is 9.32. The maximum Gasteiger partial charge on any atom is 0.303 e. The first-order valence-corrected chi connectivity index (χ1v) is 6.21. The van der Waals surface area contributed by atoms with Crippen LogP contribution in [0, 0.1) is 9.39 Å². The van der Waals surface area contributed by atoms with Crippen molar-refractivity contribution in [3.63, 3.8) is 0 Å². The summed E-state index contributed by atoms with van der Waals surface area (Å²) < 4.78 is 13.4. The first kappa shape index (κ1) is 14.8. The zero-order chi connectivity index (χ0) is 13.7. The van der Waals surface area contributed by atoms with Gasteiger partial charge in [-0.25, -0.2) is 4.39 Å². The zero-order valence-corrected chi connectivity index (χ0v) is 11.5. The molecule has 0 saturated heterocycles. The number of nitrogens with two attached hydrogens (primary N) is 1. The van der Waals surface area contributed by atoms with Crippen LogP contribution in [-0.2, 0) is 9.59 Å². The molecule has 7 heteroatoms. The van der Waals surface area contributed by atoms with Crippen LogP contribution in [-0.4, -0.2) is 23.0 Å². The van der Waals surface area contributed by atoms with Crippen molar-refractivity contribution in [2.45, 2.75) is 18.9 Å². The van der Waals surface area contributed by atoms with Gasteiger partial charge in [0.1, 0.15) is 5.82 Å². The topological polar surface area (TPSA) is 92.4 Å². The van der Waals surface area contributed by atoms with Crippen LogP contribution in [0.4, 0.5) is 10.1 Å². The third-order valence-electron chi connectivity index (χ3n) is 2.19. The van der Waals surface area contributed by atoms with E-state index in [2.05, 4.69) is 5.32 Å². The highest BCUT2D eigenvalue weighted by Gasteiger charge is 2.16. The Labute approximate surface area is 117 Å². The van der Waals surface area contributed by atoms with E-state index in [1.54, 1.807) is 0 Å². The second-order valence-electron chi connectivity index (χ2n) is 3.65. The van der Waals surface area contributed by atoms with Crippen molar-refractivity contribution in [1.29, 1.82) is 0 Å². The van der Waals surface area contributed by atoms with Crippen LogP contribution >= 0.6 is 22.6 Å². The quantitative estimate of drug-likeness (QED) is 0.690. The lowest BCUT2D eigenvalue weighted by molar-refractivity contribution is -0.137. The van der Waals surface area contributed by atoms with Crippen molar-refractivity contribution in [1.82, 2.24) is 0 Å². The number of halogens is 2. The predicted molar refractivity (Wildman–Crippen MR) is 72.6 cm³/mol. The Morgan fingerprint density at radius 2 is 2.17 bits per heavy atom. The molecule has 5 nitrogen and oxygen atoms in total. The predicted octanol–water partition coefficient (Wildman–Crippen LogP) is 1.56. The highest BCUT2D eigenvalue weighted by Crippen LogP contribution is 2.19. The van der Waals surface area contributed by atoms with E-state index in [0.717, 1.165) is 0 Å². The van der Waals surface area contributed by atoms with Crippen LogP contribution in [0.1, 0.15) is 12.8 Å². The molecule has 1 rings (SSSR count). The lowest BCUT2D eigenvalue weighted by Crippen LogP contribution is -2.36. The molecule has 0 spiro atoms. The maximum absolute atomic E-state index is 12.8. The number of carbonyl (C=O) groups is 2. The van der Waals surface area contributed by atoms with Gasteiger partial charge in [-0.2, -0.15) is 0 Å². The van der Waals surface area contributed by atoms with Crippen molar-refractivity contribution in [2.75, 3.05) is 5.32 Å². The summed E-state index contributed by atoms with van der Waals surface area (Å²) >= 11 is 1.89. The van der Waals surface area contributed by atoms with Crippen LogP contribution in [0.5, 0.6) is 0 Å². The minimum atomic E-state index is -1.00. The van der Waals surface area contributed by atoms with E-state index >= 15 is 0 Å². The molecule has 0 aliphatic heterocycles. The molecule has 0 aromatic heterocycles. The molecule has 1 unspecified atom stereocenters. The van der Waals surface area contributed by atoms with Crippen molar-refractivity contribution in [3.8, 4) is 0 Å². The second kappa shape index (κ2) is 6.64. The fourth-order valence-corrected chi connectivity index (χ4v) is 1.84. The van der Waals surface area contributed by atoms with Gasteiger partial charge in [-0.15, -0.1) is 0 Å². The summed E-state index contributed by atoms with van der Waals surface area (Å²) in [5.74, 6) is -1.89. The summed E-state index contributed by atoms with van der Waals surface area (Å²) in [5.41, 5.74) is 5.99. The summed E-state index contributed by atoms with van der Waals surface area (Å²) in [4.78, 5) is 22.0. The molecule has 1 amide bonds. The second-order valence-corrected chi connectivity index (χ2v) is 4.81. The van der Waals surface area contributed by atoms with E-state index in [-0.39, 0.29) is 12.8 Å². The number of aliphatic carboxylic acids is 1. The Balaban J connectivity index is 2.61. The average molecular weight is 366 g/mol. The van der Waals surface area contributed by atoms with Gasteiger partial charge in [0.05, 0.1) is 11.7 Å². The van der Waals surface area contributed by atoms with E-state index in [4.69, 9.17) is 10.8 Å². The lowest BCUT2D eigenvalue weighted by Gasteiger charge is -2.12. The molecule has 18 heavy (non-hydrogen) atoms.